The van der Waals surface area contributed by atoms with Crippen LogP contribution in [-0.4, -0.2) is 0 Å². The van der Waals surface area contributed by atoms with Crippen molar-refractivity contribution in [2.24, 2.45) is 0 Å². The van der Waals surface area contributed by atoms with E-state index in [0.29, 0.717) is 0 Å². The SMILES string of the molecule is SCc1ccccc1-c1ccc(Br)cc1. The Morgan fingerprint density at radius 1 is 0.933 bits per heavy atom. The van der Waals surface area contributed by atoms with Gasteiger partial charge in [0.1, 0.15) is 0 Å². The van der Waals surface area contributed by atoms with Crippen LogP contribution >= 0.6 is 28.6 Å². The first-order valence-corrected chi connectivity index (χ1v) is 6.18. The molecule has 0 aromatic heterocycles. The molecule has 0 aliphatic heterocycles. The molecule has 2 aromatic rings. The van der Waals surface area contributed by atoms with Crippen LogP contribution in [0.3, 0.4) is 0 Å². The zero-order valence-electron chi connectivity index (χ0n) is 8.15. The number of rotatable bonds is 2. The molecule has 0 N–H and O–H groups in total. The van der Waals surface area contributed by atoms with E-state index in [0.717, 1.165) is 10.2 Å². The van der Waals surface area contributed by atoms with Crippen molar-refractivity contribution in [2.75, 3.05) is 0 Å². The van der Waals surface area contributed by atoms with Crippen molar-refractivity contribution in [3.8, 4) is 11.1 Å². The van der Waals surface area contributed by atoms with E-state index in [2.05, 4.69) is 71.0 Å². The van der Waals surface area contributed by atoms with Crippen molar-refractivity contribution in [2.45, 2.75) is 5.75 Å². The largest absolute Gasteiger partial charge is 0.175 e. The van der Waals surface area contributed by atoms with Crippen LogP contribution in [-0.2, 0) is 5.75 Å². The fraction of sp³-hybridized carbons (Fsp3) is 0.0769. The van der Waals surface area contributed by atoms with E-state index in [1.807, 2.05) is 6.07 Å². The molecule has 2 heteroatoms. The predicted octanol–water partition coefficient (Wildman–Crippen LogP) is 4.55. The molecule has 2 rings (SSSR count). The second-order valence-electron chi connectivity index (χ2n) is 3.32. The van der Waals surface area contributed by atoms with Gasteiger partial charge < -0.3 is 0 Å². The molecular weight excluding hydrogens is 268 g/mol. The molecule has 0 saturated carbocycles. The van der Waals surface area contributed by atoms with Crippen molar-refractivity contribution in [1.82, 2.24) is 0 Å². The first kappa shape index (κ1) is 10.8. The maximum absolute atomic E-state index is 4.34. The second-order valence-corrected chi connectivity index (χ2v) is 4.55. The van der Waals surface area contributed by atoms with E-state index in [4.69, 9.17) is 0 Å². The zero-order valence-corrected chi connectivity index (χ0v) is 10.6. The summed E-state index contributed by atoms with van der Waals surface area (Å²) in [5.74, 6) is 0.770. The van der Waals surface area contributed by atoms with Crippen LogP contribution in [0.5, 0.6) is 0 Å². The number of thiol groups is 1. The highest BCUT2D eigenvalue weighted by Crippen LogP contribution is 2.25. The lowest BCUT2D eigenvalue weighted by atomic mass is 10.0. The lowest BCUT2D eigenvalue weighted by molar-refractivity contribution is 1.42. The van der Waals surface area contributed by atoms with Crippen molar-refractivity contribution in [3.63, 3.8) is 0 Å². The lowest BCUT2D eigenvalue weighted by Gasteiger charge is -2.07. The topological polar surface area (TPSA) is 0 Å². The average Bonchev–Trinajstić information content (AvgIpc) is 2.30. The highest BCUT2D eigenvalue weighted by Gasteiger charge is 2.02. The van der Waals surface area contributed by atoms with E-state index >= 15 is 0 Å². The Kier molecular flexibility index (Phi) is 3.49. The summed E-state index contributed by atoms with van der Waals surface area (Å²) >= 11 is 7.78. The Labute approximate surface area is 104 Å². The highest BCUT2D eigenvalue weighted by molar-refractivity contribution is 9.10. The van der Waals surface area contributed by atoms with Gasteiger partial charge in [-0.2, -0.15) is 12.6 Å². The van der Waals surface area contributed by atoms with E-state index < -0.39 is 0 Å². The van der Waals surface area contributed by atoms with Crippen LogP contribution < -0.4 is 0 Å². The van der Waals surface area contributed by atoms with Crippen LogP contribution in [0.4, 0.5) is 0 Å². The van der Waals surface area contributed by atoms with Crippen molar-refractivity contribution < 1.29 is 0 Å². The standard InChI is InChI=1S/C13H11BrS/c14-12-7-5-10(6-8-12)13-4-2-1-3-11(13)9-15/h1-8,15H,9H2. The maximum atomic E-state index is 4.34. The smallest absolute Gasteiger partial charge is 0.0175 e. The van der Waals surface area contributed by atoms with Gasteiger partial charge in [0.15, 0.2) is 0 Å². The molecule has 0 fully saturated rings. The minimum absolute atomic E-state index is 0.770. The molecule has 0 bridgehead atoms. The van der Waals surface area contributed by atoms with Gasteiger partial charge in [0.05, 0.1) is 0 Å². The van der Waals surface area contributed by atoms with E-state index in [1.54, 1.807) is 0 Å². The fourth-order valence-electron chi connectivity index (χ4n) is 1.57. The molecule has 0 nitrogen and oxygen atoms in total. The molecule has 0 aliphatic carbocycles. The molecule has 2 aromatic carbocycles. The number of hydrogen-bond donors (Lipinski definition) is 1. The minimum atomic E-state index is 0.770. The third-order valence-electron chi connectivity index (χ3n) is 2.34. The normalized spacial score (nSPS) is 10.3. The van der Waals surface area contributed by atoms with Gasteiger partial charge in [-0.25, -0.2) is 0 Å². The molecular formula is C13H11BrS. The first-order valence-electron chi connectivity index (χ1n) is 4.76. The molecule has 0 atom stereocenters. The van der Waals surface area contributed by atoms with Gasteiger partial charge in [-0.3, -0.25) is 0 Å². The average molecular weight is 279 g/mol. The molecule has 0 amide bonds. The summed E-state index contributed by atoms with van der Waals surface area (Å²) in [6.07, 6.45) is 0. The molecule has 0 heterocycles. The summed E-state index contributed by atoms with van der Waals surface area (Å²) in [5.41, 5.74) is 3.77. The number of hydrogen-bond acceptors (Lipinski definition) is 1. The number of benzene rings is 2. The second kappa shape index (κ2) is 4.86. The Bertz CT molecular complexity index is 448. The summed E-state index contributed by atoms with van der Waals surface area (Å²) in [4.78, 5) is 0. The van der Waals surface area contributed by atoms with Gasteiger partial charge in [-0.1, -0.05) is 52.3 Å². The third-order valence-corrected chi connectivity index (χ3v) is 3.21. The summed E-state index contributed by atoms with van der Waals surface area (Å²) < 4.78 is 1.11. The Morgan fingerprint density at radius 3 is 2.27 bits per heavy atom. The summed E-state index contributed by atoms with van der Waals surface area (Å²) in [6.45, 7) is 0. The molecule has 76 valence electrons. The molecule has 0 spiro atoms. The van der Waals surface area contributed by atoms with E-state index in [-0.39, 0.29) is 0 Å². The van der Waals surface area contributed by atoms with Crippen LogP contribution in [0, 0.1) is 0 Å². The first-order chi connectivity index (χ1) is 7.31. The Morgan fingerprint density at radius 2 is 1.60 bits per heavy atom. The van der Waals surface area contributed by atoms with Gasteiger partial charge >= 0.3 is 0 Å². The van der Waals surface area contributed by atoms with Gasteiger partial charge in [0.25, 0.3) is 0 Å². The quantitative estimate of drug-likeness (QED) is 0.766. The molecule has 0 unspecified atom stereocenters. The van der Waals surface area contributed by atoms with Gasteiger partial charge in [0, 0.05) is 10.2 Å². The minimum Gasteiger partial charge on any atom is -0.175 e. The van der Waals surface area contributed by atoms with Crippen molar-refractivity contribution in [1.29, 1.82) is 0 Å². The summed E-state index contributed by atoms with van der Waals surface area (Å²) in [6, 6.07) is 16.7. The van der Waals surface area contributed by atoms with E-state index in [1.165, 1.54) is 16.7 Å². The molecule has 0 saturated heterocycles. The van der Waals surface area contributed by atoms with Crippen LogP contribution in [0.15, 0.2) is 53.0 Å². The predicted molar refractivity (Wildman–Crippen MR) is 72.3 cm³/mol. The van der Waals surface area contributed by atoms with Crippen LogP contribution in [0.2, 0.25) is 0 Å². The Balaban J connectivity index is 2.49. The maximum Gasteiger partial charge on any atom is 0.0175 e. The third kappa shape index (κ3) is 2.44. The molecule has 0 aliphatic rings. The van der Waals surface area contributed by atoms with Gasteiger partial charge in [-0.05, 0) is 28.8 Å². The van der Waals surface area contributed by atoms with Crippen molar-refractivity contribution in [3.05, 3.63) is 58.6 Å². The zero-order chi connectivity index (χ0) is 10.7. The number of halogens is 1. The van der Waals surface area contributed by atoms with Crippen LogP contribution in [0.1, 0.15) is 5.56 Å². The van der Waals surface area contributed by atoms with E-state index in [9.17, 15) is 0 Å². The Hall–Kier alpha value is -0.730. The van der Waals surface area contributed by atoms with Gasteiger partial charge in [-0.15, -0.1) is 0 Å². The fourth-order valence-corrected chi connectivity index (χ4v) is 2.11. The van der Waals surface area contributed by atoms with Crippen LogP contribution in [0.25, 0.3) is 11.1 Å². The summed E-state index contributed by atoms with van der Waals surface area (Å²) in [5, 5.41) is 0. The lowest BCUT2D eigenvalue weighted by Crippen LogP contribution is -1.85. The monoisotopic (exact) mass is 278 g/mol. The molecule has 15 heavy (non-hydrogen) atoms. The summed E-state index contributed by atoms with van der Waals surface area (Å²) in [7, 11) is 0. The van der Waals surface area contributed by atoms with Crippen molar-refractivity contribution >= 4 is 28.6 Å². The highest BCUT2D eigenvalue weighted by atomic mass is 79.9. The van der Waals surface area contributed by atoms with Gasteiger partial charge in [0.2, 0.25) is 0 Å². The molecule has 0 radical (unpaired) electrons.